The quantitative estimate of drug-likeness (QED) is 0.691. The molecule has 8 nitrogen and oxygen atoms in total. The van der Waals surface area contributed by atoms with Gasteiger partial charge in [0.15, 0.2) is 9.84 Å². The topological polar surface area (TPSA) is 124 Å². The third kappa shape index (κ3) is 5.79. The molecule has 1 saturated carbocycles. The Labute approximate surface area is 176 Å². The second kappa shape index (κ2) is 9.25. The molecule has 0 radical (unpaired) electrons. The van der Waals surface area contributed by atoms with Gasteiger partial charge in [-0.2, -0.15) is 4.98 Å². The number of rotatable bonds is 7. The molecule has 3 N–H and O–H groups in total. The van der Waals surface area contributed by atoms with Crippen LogP contribution in [0.4, 0.5) is 5.82 Å². The van der Waals surface area contributed by atoms with Gasteiger partial charge in [-0.15, -0.1) is 0 Å². The number of amides is 1. The Hall–Kier alpha value is -2.94. The molecule has 1 fully saturated rings. The zero-order valence-electron chi connectivity index (χ0n) is 17.0. The van der Waals surface area contributed by atoms with Crippen molar-refractivity contribution in [3.05, 3.63) is 53.2 Å². The van der Waals surface area contributed by atoms with Crippen LogP contribution in [-0.2, 0) is 9.84 Å². The van der Waals surface area contributed by atoms with E-state index in [1.54, 1.807) is 19.1 Å². The van der Waals surface area contributed by atoms with Gasteiger partial charge >= 0.3 is 0 Å². The minimum atomic E-state index is -3.30. The molecule has 1 unspecified atom stereocenters. The van der Waals surface area contributed by atoms with Gasteiger partial charge in [-0.1, -0.05) is 37.1 Å². The van der Waals surface area contributed by atoms with Crippen LogP contribution in [0.3, 0.4) is 0 Å². The van der Waals surface area contributed by atoms with Crippen LogP contribution in [0.1, 0.15) is 54.7 Å². The lowest BCUT2D eigenvalue weighted by molar-refractivity contribution is 0.0944. The molecule has 1 amide bonds. The number of ether oxygens (including phenoxy) is 1. The first-order valence-corrected chi connectivity index (χ1v) is 11.8. The van der Waals surface area contributed by atoms with Crippen LogP contribution >= 0.6 is 0 Å². The summed E-state index contributed by atoms with van der Waals surface area (Å²) in [6, 6.07) is 8.45. The molecule has 9 heteroatoms. The maximum atomic E-state index is 12.9. The Morgan fingerprint density at radius 2 is 1.90 bits per heavy atom. The summed E-state index contributed by atoms with van der Waals surface area (Å²) < 4.78 is 28.5. The second-order valence-electron chi connectivity index (χ2n) is 7.46. The number of aromatic nitrogens is 2. The molecular weight excluding hydrogens is 404 g/mol. The van der Waals surface area contributed by atoms with Gasteiger partial charge in [-0.05, 0) is 31.9 Å². The number of nitrogens with zero attached hydrogens (tertiary/aromatic N) is 2. The Kier molecular flexibility index (Phi) is 6.71. The van der Waals surface area contributed by atoms with Crippen molar-refractivity contribution in [2.24, 2.45) is 0 Å². The van der Waals surface area contributed by atoms with E-state index in [2.05, 4.69) is 15.3 Å². The molecule has 3 rings (SSSR count). The monoisotopic (exact) mass is 430 g/mol. The highest BCUT2D eigenvalue weighted by Gasteiger charge is 2.27. The molecular formula is C21H26N4O4S. The van der Waals surface area contributed by atoms with Gasteiger partial charge in [-0.3, -0.25) is 4.79 Å². The zero-order valence-corrected chi connectivity index (χ0v) is 17.9. The first-order valence-electron chi connectivity index (χ1n) is 9.82. The molecule has 30 heavy (non-hydrogen) atoms. The summed E-state index contributed by atoms with van der Waals surface area (Å²) in [6.45, 7) is 1.65. The zero-order chi connectivity index (χ0) is 21.7. The molecule has 1 aromatic carbocycles. The average Bonchev–Trinajstić information content (AvgIpc) is 3.21. The number of nitrogens with two attached hydrogens (primary N) is 1. The van der Waals surface area contributed by atoms with E-state index < -0.39 is 21.8 Å². The Bertz CT molecular complexity index is 1030. The SMILES string of the molecule is CC(/C=C/S(C)(=O)=O)NC(=O)c1c(N)nc(C2CCCC2)nc1Oc1ccccc1. The first-order chi connectivity index (χ1) is 14.2. The standard InChI is InChI=1S/C21H26N4O4S/c1-14(12-13-30(2,27)28)23-20(26)17-18(22)24-19(15-8-6-7-9-15)25-21(17)29-16-10-4-3-5-11-16/h3-5,10-15H,6-9H2,1-2H3,(H,23,26)(H2,22,24,25)/b13-12+. The number of nitrogens with one attached hydrogen (secondary N) is 1. The minimum absolute atomic E-state index is 0.0280. The number of hydrogen-bond acceptors (Lipinski definition) is 7. The number of hydrogen-bond donors (Lipinski definition) is 2. The molecule has 1 aliphatic rings. The number of nitrogen functional groups attached to an aromatic ring is 1. The van der Waals surface area contributed by atoms with E-state index in [9.17, 15) is 13.2 Å². The molecule has 1 atom stereocenters. The lowest BCUT2D eigenvalue weighted by Gasteiger charge is -2.17. The molecule has 2 aromatic rings. The highest BCUT2D eigenvalue weighted by molar-refractivity contribution is 7.93. The smallest absolute Gasteiger partial charge is 0.261 e. The number of carbonyl (C=O) groups is 1. The summed E-state index contributed by atoms with van der Waals surface area (Å²) in [5.41, 5.74) is 6.19. The van der Waals surface area contributed by atoms with Gasteiger partial charge in [0.1, 0.15) is 23.0 Å². The fourth-order valence-electron chi connectivity index (χ4n) is 3.32. The van der Waals surface area contributed by atoms with Crippen molar-refractivity contribution in [3.63, 3.8) is 0 Å². The van der Waals surface area contributed by atoms with Crippen LogP contribution in [0.2, 0.25) is 0 Å². The van der Waals surface area contributed by atoms with Gasteiger partial charge in [-0.25, -0.2) is 13.4 Å². The normalized spacial score (nSPS) is 15.9. The van der Waals surface area contributed by atoms with Gasteiger partial charge in [0.05, 0.1) is 0 Å². The largest absolute Gasteiger partial charge is 0.438 e. The highest BCUT2D eigenvalue weighted by atomic mass is 32.2. The van der Waals surface area contributed by atoms with Crippen molar-refractivity contribution in [1.82, 2.24) is 15.3 Å². The van der Waals surface area contributed by atoms with E-state index in [0.717, 1.165) is 37.3 Å². The maximum Gasteiger partial charge on any atom is 0.261 e. The van der Waals surface area contributed by atoms with Crippen molar-refractivity contribution in [2.75, 3.05) is 12.0 Å². The fourth-order valence-corrected chi connectivity index (χ4v) is 3.84. The summed E-state index contributed by atoms with van der Waals surface area (Å²) >= 11 is 0. The maximum absolute atomic E-state index is 12.9. The number of sulfone groups is 1. The molecule has 0 saturated heterocycles. The van der Waals surface area contributed by atoms with Crippen molar-refractivity contribution in [1.29, 1.82) is 0 Å². The van der Waals surface area contributed by atoms with E-state index in [0.29, 0.717) is 11.6 Å². The van der Waals surface area contributed by atoms with E-state index >= 15 is 0 Å². The second-order valence-corrected chi connectivity index (χ2v) is 9.40. The number of para-hydroxylation sites is 1. The number of anilines is 1. The van der Waals surface area contributed by atoms with Gasteiger partial charge in [0.25, 0.3) is 5.91 Å². The van der Waals surface area contributed by atoms with E-state index in [1.165, 1.54) is 6.08 Å². The van der Waals surface area contributed by atoms with Crippen LogP contribution in [-0.4, -0.2) is 36.6 Å². The van der Waals surface area contributed by atoms with Crippen LogP contribution in [0.15, 0.2) is 41.8 Å². The Morgan fingerprint density at radius 1 is 1.23 bits per heavy atom. The molecule has 0 aliphatic heterocycles. The average molecular weight is 431 g/mol. The van der Waals surface area contributed by atoms with Crippen LogP contribution in [0.5, 0.6) is 11.6 Å². The Morgan fingerprint density at radius 3 is 2.53 bits per heavy atom. The summed E-state index contributed by atoms with van der Waals surface area (Å²) in [5.74, 6) is 0.882. The first kappa shape index (κ1) is 21.8. The lowest BCUT2D eigenvalue weighted by Crippen LogP contribution is -2.32. The summed E-state index contributed by atoms with van der Waals surface area (Å²) in [7, 11) is -3.30. The molecule has 160 valence electrons. The van der Waals surface area contributed by atoms with Crippen molar-refractivity contribution >= 4 is 21.6 Å². The predicted octanol–water partition coefficient (Wildman–Crippen LogP) is 3.19. The van der Waals surface area contributed by atoms with E-state index in [-0.39, 0.29) is 23.2 Å². The Balaban J connectivity index is 1.92. The van der Waals surface area contributed by atoms with Crippen molar-refractivity contribution in [3.8, 4) is 11.6 Å². The minimum Gasteiger partial charge on any atom is -0.438 e. The predicted molar refractivity (Wildman–Crippen MR) is 115 cm³/mol. The van der Waals surface area contributed by atoms with Crippen LogP contribution in [0, 0.1) is 0 Å². The summed E-state index contributed by atoms with van der Waals surface area (Å²) in [5, 5.41) is 3.74. The molecule has 0 bridgehead atoms. The van der Waals surface area contributed by atoms with Gasteiger partial charge in [0.2, 0.25) is 5.88 Å². The van der Waals surface area contributed by atoms with E-state index in [4.69, 9.17) is 10.5 Å². The lowest BCUT2D eigenvalue weighted by atomic mass is 10.1. The molecule has 1 aliphatic carbocycles. The van der Waals surface area contributed by atoms with E-state index in [1.807, 2.05) is 18.2 Å². The van der Waals surface area contributed by atoms with Crippen LogP contribution < -0.4 is 15.8 Å². The van der Waals surface area contributed by atoms with Gasteiger partial charge in [0, 0.05) is 23.6 Å². The molecule has 1 heterocycles. The fraction of sp³-hybridized carbons (Fsp3) is 0.381. The van der Waals surface area contributed by atoms with Crippen LogP contribution in [0.25, 0.3) is 0 Å². The number of benzene rings is 1. The highest BCUT2D eigenvalue weighted by Crippen LogP contribution is 2.35. The molecule has 0 spiro atoms. The third-order valence-corrected chi connectivity index (χ3v) is 5.45. The van der Waals surface area contributed by atoms with Crippen molar-refractivity contribution in [2.45, 2.75) is 44.6 Å². The summed E-state index contributed by atoms with van der Waals surface area (Å²) in [6.07, 6.45) is 6.63. The summed E-state index contributed by atoms with van der Waals surface area (Å²) in [4.78, 5) is 21.8. The van der Waals surface area contributed by atoms with Gasteiger partial charge < -0.3 is 15.8 Å². The van der Waals surface area contributed by atoms with Crippen molar-refractivity contribution < 1.29 is 17.9 Å². The molecule has 1 aromatic heterocycles. The third-order valence-electron chi connectivity index (χ3n) is 4.80. The number of carbonyl (C=O) groups excluding carboxylic acids is 1.